The van der Waals surface area contributed by atoms with Gasteiger partial charge in [-0.15, -0.1) is 11.3 Å². The van der Waals surface area contributed by atoms with E-state index in [-0.39, 0.29) is 12.3 Å². The number of carbonyl (C=O) groups is 1. The molecule has 1 amide bonds. The van der Waals surface area contributed by atoms with Crippen molar-refractivity contribution in [1.29, 1.82) is 0 Å². The zero-order valence-electron chi connectivity index (χ0n) is 14.4. The van der Waals surface area contributed by atoms with Crippen molar-refractivity contribution in [2.24, 2.45) is 0 Å². The van der Waals surface area contributed by atoms with E-state index in [0.29, 0.717) is 18.3 Å². The summed E-state index contributed by atoms with van der Waals surface area (Å²) in [4.78, 5) is 18.8. The summed E-state index contributed by atoms with van der Waals surface area (Å²) in [6.45, 7) is 5.08. The van der Waals surface area contributed by atoms with E-state index in [9.17, 15) is 4.79 Å². The maximum atomic E-state index is 12.1. The topological polar surface area (TPSA) is 78.5 Å². The van der Waals surface area contributed by atoms with Gasteiger partial charge >= 0.3 is 0 Å². The molecule has 2 aromatic rings. The number of aromatic nitrogens is 1. The highest BCUT2D eigenvalue weighted by atomic mass is 32.1. The number of carbonyl (C=O) groups excluding carboxylic acids is 1. The molecule has 0 bridgehead atoms. The highest BCUT2D eigenvalue weighted by Crippen LogP contribution is 2.21. The monoisotopic (exact) mass is 391 g/mol. The van der Waals surface area contributed by atoms with Gasteiger partial charge in [-0.1, -0.05) is 18.2 Å². The molecule has 3 N–H and O–H groups in total. The van der Waals surface area contributed by atoms with Gasteiger partial charge in [0.15, 0.2) is 10.2 Å². The van der Waals surface area contributed by atoms with Crippen LogP contribution in [0.25, 0.3) is 0 Å². The molecule has 3 rings (SSSR count). The molecule has 2 heterocycles. The van der Waals surface area contributed by atoms with Crippen molar-refractivity contribution >= 4 is 45.4 Å². The molecule has 0 spiro atoms. The Balaban J connectivity index is 1.44. The molecule has 1 aliphatic rings. The summed E-state index contributed by atoms with van der Waals surface area (Å²) < 4.78 is 5.34. The summed E-state index contributed by atoms with van der Waals surface area (Å²) in [7, 11) is 0. The number of para-hydroxylation sites is 1. The van der Waals surface area contributed by atoms with Crippen molar-refractivity contribution in [3.63, 3.8) is 0 Å². The lowest BCUT2D eigenvalue weighted by Crippen LogP contribution is -2.44. The van der Waals surface area contributed by atoms with Gasteiger partial charge in [0.2, 0.25) is 5.91 Å². The van der Waals surface area contributed by atoms with Crippen LogP contribution in [0.4, 0.5) is 10.8 Å². The first-order valence-corrected chi connectivity index (χ1v) is 9.59. The lowest BCUT2D eigenvalue weighted by Gasteiger charge is -2.26. The number of morpholine rings is 1. The Labute approximate surface area is 161 Å². The molecule has 0 unspecified atom stereocenters. The predicted octanol–water partition coefficient (Wildman–Crippen LogP) is 1.85. The van der Waals surface area contributed by atoms with E-state index < -0.39 is 0 Å². The average Bonchev–Trinajstić information content (AvgIpc) is 3.11. The van der Waals surface area contributed by atoms with Gasteiger partial charge in [-0.3, -0.25) is 15.6 Å². The van der Waals surface area contributed by atoms with Crippen LogP contribution in [-0.2, 0) is 16.0 Å². The second kappa shape index (κ2) is 8.93. The summed E-state index contributed by atoms with van der Waals surface area (Å²) in [6, 6.07) is 7.79. The van der Waals surface area contributed by atoms with Crippen LogP contribution in [-0.4, -0.2) is 42.3 Å². The van der Waals surface area contributed by atoms with Gasteiger partial charge in [0.1, 0.15) is 0 Å². The molecule has 9 heteroatoms. The second-order valence-corrected chi connectivity index (χ2v) is 7.08. The molecule has 1 fully saturated rings. The number of hydrazine groups is 1. The van der Waals surface area contributed by atoms with Gasteiger partial charge in [0.25, 0.3) is 0 Å². The number of anilines is 2. The fraction of sp³-hybridized carbons (Fsp3) is 0.353. The number of nitrogens with one attached hydrogen (secondary N) is 3. The van der Waals surface area contributed by atoms with Gasteiger partial charge in [0.05, 0.1) is 25.3 Å². The Morgan fingerprint density at radius 3 is 2.85 bits per heavy atom. The lowest BCUT2D eigenvalue weighted by molar-refractivity contribution is -0.121. The lowest BCUT2D eigenvalue weighted by atomic mass is 10.2. The number of thiazole rings is 1. The SMILES string of the molecule is Cc1ccccc1NC(=S)NNC(=O)Cc1csc(N2CCOCC2)n1. The van der Waals surface area contributed by atoms with Crippen LogP contribution < -0.4 is 21.1 Å². The van der Waals surface area contributed by atoms with Crippen molar-refractivity contribution in [3.8, 4) is 0 Å². The molecule has 138 valence electrons. The number of ether oxygens (including phenoxy) is 1. The minimum atomic E-state index is -0.197. The first-order chi connectivity index (χ1) is 12.6. The standard InChI is InChI=1S/C17H21N5O2S2/c1-12-4-2-3-5-14(12)19-16(25)21-20-15(23)10-13-11-26-17(18-13)22-6-8-24-9-7-22/h2-5,11H,6-10H2,1H3,(H,20,23)(H2,19,21,25). The molecule has 26 heavy (non-hydrogen) atoms. The normalized spacial score (nSPS) is 14.0. The van der Waals surface area contributed by atoms with E-state index in [0.717, 1.165) is 35.2 Å². The number of hydrogen-bond acceptors (Lipinski definition) is 6. The first kappa shape index (κ1) is 18.6. The van der Waals surface area contributed by atoms with Crippen LogP contribution in [0.2, 0.25) is 0 Å². The highest BCUT2D eigenvalue weighted by Gasteiger charge is 2.15. The molecule has 1 aromatic heterocycles. The Bertz CT molecular complexity index is 774. The third kappa shape index (κ3) is 5.13. The van der Waals surface area contributed by atoms with Crippen molar-refractivity contribution in [3.05, 3.63) is 40.9 Å². The van der Waals surface area contributed by atoms with Gasteiger partial charge in [-0.25, -0.2) is 4.98 Å². The van der Waals surface area contributed by atoms with E-state index in [2.05, 4.69) is 26.1 Å². The van der Waals surface area contributed by atoms with E-state index in [4.69, 9.17) is 17.0 Å². The van der Waals surface area contributed by atoms with Crippen molar-refractivity contribution in [1.82, 2.24) is 15.8 Å². The number of amides is 1. The smallest absolute Gasteiger partial charge is 0.244 e. The molecule has 0 radical (unpaired) electrons. The number of rotatable bonds is 4. The number of hydrogen-bond donors (Lipinski definition) is 3. The summed E-state index contributed by atoms with van der Waals surface area (Å²) >= 11 is 6.75. The van der Waals surface area contributed by atoms with Crippen LogP contribution in [0, 0.1) is 6.92 Å². The minimum Gasteiger partial charge on any atom is -0.378 e. The Morgan fingerprint density at radius 1 is 1.31 bits per heavy atom. The van der Waals surface area contributed by atoms with E-state index in [1.807, 2.05) is 36.6 Å². The van der Waals surface area contributed by atoms with Crippen LogP contribution in [0.3, 0.4) is 0 Å². The number of aryl methyl sites for hydroxylation is 1. The highest BCUT2D eigenvalue weighted by molar-refractivity contribution is 7.80. The maximum absolute atomic E-state index is 12.1. The maximum Gasteiger partial charge on any atom is 0.244 e. The number of nitrogens with zero attached hydrogens (tertiary/aromatic N) is 2. The van der Waals surface area contributed by atoms with Crippen LogP contribution in [0.15, 0.2) is 29.6 Å². The van der Waals surface area contributed by atoms with E-state index >= 15 is 0 Å². The predicted molar refractivity (Wildman–Crippen MR) is 108 cm³/mol. The van der Waals surface area contributed by atoms with Crippen LogP contribution in [0.5, 0.6) is 0 Å². The fourth-order valence-electron chi connectivity index (χ4n) is 2.48. The molecule has 0 atom stereocenters. The van der Waals surface area contributed by atoms with Crippen molar-refractivity contribution < 1.29 is 9.53 Å². The molecule has 1 aliphatic heterocycles. The Hall–Kier alpha value is -2.23. The molecular weight excluding hydrogens is 370 g/mol. The average molecular weight is 392 g/mol. The first-order valence-electron chi connectivity index (χ1n) is 8.30. The quantitative estimate of drug-likeness (QED) is 0.542. The van der Waals surface area contributed by atoms with Crippen LogP contribution >= 0.6 is 23.6 Å². The zero-order valence-corrected chi connectivity index (χ0v) is 16.1. The summed E-state index contributed by atoms with van der Waals surface area (Å²) in [5.41, 5.74) is 8.03. The van der Waals surface area contributed by atoms with E-state index in [1.165, 1.54) is 0 Å². The third-order valence-electron chi connectivity index (χ3n) is 3.87. The second-order valence-electron chi connectivity index (χ2n) is 5.84. The number of thiocarbonyl (C=S) groups is 1. The minimum absolute atomic E-state index is 0.195. The van der Waals surface area contributed by atoms with Crippen molar-refractivity contribution in [2.45, 2.75) is 13.3 Å². The number of benzene rings is 1. The Morgan fingerprint density at radius 2 is 2.08 bits per heavy atom. The van der Waals surface area contributed by atoms with Gasteiger partial charge in [-0.05, 0) is 30.8 Å². The largest absolute Gasteiger partial charge is 0.378 e. The fourth-order valence-corrected chi connectivity index (χ4v) is 3.52. The molecule has 0 aliphatic carbocycles. The van der Waals surface area contributed by atoms with Gasteiger partial charge < -0.3 is 15.0 Å². The molecule has 0 saturated carbocycles. The van der Waals surface area contributed by atoms with Gasteiger partial charge in [-0.2, -0.15) is 0 Å². The zero-order chi connectivity index (χ0) is 18.4. The van der Waals surface area contributed by atoms with Gasteiger partial charge in [0, 0.05) is 24.2 Å². The molecular formula is C17H21N5O2S2. The van der Waals surface area contributed by atoms with Crippen LogP contribution in [0.1, 0.15) is 11.3 Å². The Kier molecular flexibility index (Phi) is 6.37. The molecule has 1 saturated heterocycles. The molecule has 7 nitrogen and oxygen atoms in total. The molecule has 1 aromatic carbocycles. The summed E-state index contributed by atoms with van der Waals surface area (Å²) in [5.74, 6) is -0.197. The third-order valence-corrected chi connectivity index (χ3v) is 5.03. The summed E-state index contributed by atoms with van der Waals surface area (Å²) in [5, 5.41) is 6.23. The summed E-state index contributed by atoms with van der Waals surface area (Å²) in [6.07, 6.45) is 0.195. The van der Waals surface area contributed by atoms with Crippen molar-refractivity contribution in [2.75, 3.05) is 36.5 Å². The van der Waals surface area contributed by atoms with E-state index in [1.54, 1.807) is 11.3 Å².